The predicted molar refractivity (Wildman–Crippen MR) is 93.5 cm³/mol. The van der Waals surface area contributed by atoms with Gasteiger partial charge in [-0.15, -0.1) is 0 Å². The van der Waals surface area contributed by atoms with Crippen LogP contribution >= 0.6 is 0 Å². The molecule has 0 aliphatic heterocycles. The van der Waals surface area contributed by atoms with Crippen LogP contribution in [0, 0.1) is 11.8 Å². The summed E-state index contributed by atoms with van der Waals surface area (Å²) >= 11 is 0. The Morgan fingerprint density at radius 1 is 1.17 bits per heavy atom. The maximum atomic E-state index is 12.4. The van der Waals surface area contributed by atoms with Crippen LogP contribution < -0.4 is 15.8 Å². The van der Waals surface area contributed by atoms with Crippen molar-refractivity contribution in [3.63, 3.8) is 0 Å². The second kappa shape index (κ2) is 7.93. The molecule has 1 aliphatic carbocycles. The minimum absolute atomic E-state index is 0.0395. The molecule has 1 aliphatic rings. The van der Waals surface area contributed by atoms with Gasteiger partial charge in [-0.1, -0.05) is 6.42 Å². The molecule has 1 aromatic carbocycles. The van der Waals surface area contributed by atoms with Crippen molar-refractivity contribution in [1.82, 2.24) is 4.98 Å². The van der Waals surface area contributed by atoms with E-state index in [2.05, 4.69) is 10.3 Å². The lowest BCUT2D eigenvalue weighted by atomic mass is 9.95. The van der Waals surface area contributed by atoms with Crippen LogP contribution in [0.2, 0.25) is 0 Å². The molecular formula is C19H23N3O2. The molecular weight excluding hydrogens is 302 g/mol. The number of rotatable bonds is 6. The van der Waals surface area contributed by atoms with Gasteiger partial charge < -0.3 is 15.8 Å². The van der Waals surface area contributed by atoms with Gasteiger partial charge in [-0.3, -0.25) is 9.78 Å². The summed E-state index contributed by atoms with van der Waals surface area (Å²) < 4.78 is 5.73. The average molecular weight is 325 g/mol. The van der Waals surface area contributed by atoms with Crippen molar-refractivity contribution < 1.29 is 9.53 Å². The summed E-state index contributed by atoms with van der Waals surface area (Å²) in [6.45, 7) is 1.08. The van der Waals surface area contributed by atoms with Crippen molar-refractivity contribution in [2.45, 2.75) is 25.9 Å². The quantitative estimate of drug-likeness (QED) is 0.856. The van der Waals surface area contributed by atoms with Crippen molar-refractivity contribution in [3.05, 3.63) is 54.4 Å². The first-order valence-electron chi connectivity index (χ1n) is 8.39. The number of hydrogen-bond acceptors (Lipinski definition) is 4. The van der Waals surface area contributed by atoms with Gasteiger partial charge in [-0.25, -0.2) is 0 Å². The van der Waals surface area contributed by atoms with E-state index in [0.717, 1.165) is 36.3 Å². The number of anilines is 1. The zero-order chi connectivity index (χ0) is 16.8. The van der Waals surface area contributed by atoms with E-state index >= 15 is 0 Å². The molecule has 1 fully saturated rings. The SMILES string of the molecule is NC[C@H]1CCC[C@H]1C(=O)Nc1ccc(OCc2ccncc2)cc1. The number of hydrogen-bond donors (Lipinski definition) is 2. The third-order valence-electron chi connectivity index (χ3n) is 4.58. The topological polar surface area (TPSA) is 77.2 Å². The smallest absolute Gasteiger partial charge is 0.227 e. The number of nitrogens with one attached hydrogen (secondary N) is 1. The van der Waals surface area contributed by atoms with Gasteiger partial charge >= 0.3 is 0 Å². The van der Waals surface area contributed by atoms with E-state index in [4.69, 9.17) is 10.5 Å². The normalized spacial score (nSPS) is 19.9. The third kappa shape index (κ3) is 4.11. The molecule has 0 bridgehead atoms. The van der Waals surface area contributed by atoms with Crippen LogP contribution in [0.5, 0.6) is 5.75 Å². The molecule has 0 radical (unpaired) electrons. The maximum Gasteiger partial charge on any atom is 0.227 e. The van der Waals surface area contributed by atoms with Crippen molar-refractivity contribution in [2.24, 2.45) is 17.6 Å². The Bertz CT molecular complexity index is 658. The summed E-state index contributed by atoms with van der Waals surface area (Å²) in [5.41, 5.74) is 7.61. The Morgan fingerprint density at radius 2 is 1.92 bits per heavy atom. The second-order valence-corrected chi connectivity index (χ2v) is 6.19. The highest BCUT2D eigenvalue weighted by molar-refractivity contribution is 5.93. The number of carbonyl (C=O) groups is 1. The van der Waals surface area contributed by atoms with E-state index in [1.54, 1.807) is 12.4 Å². The number of nitrogens with two attached hydrogens (primary N) is 1. The lowest BCUT2D eigenvalue weighted by molar-refractivity contribution is -0.120. The van der Waals surface area contributed by atoms with E-state index in [1.165, 1.54) is 0 Å². The maximum absolute atomic E-state index is 12.4. The van der Waals surface area contributed by atoms with Crippen molar-refractivity contribution in [2.75, 3.05) is 11.9 Å². The Balaban J connectivity index is 1.53. The molecule has 126 valence electrons. The van der Waals surface area contributed by atoms with Gasteiger partial charge in [-0.2, -0.15) is 0 Å². The zero-order valence-corrected chi connectivity index (χ0v) is 13.7. The number of carbonyl (C=O) groups excluding carboxylic acids is 1. The molecule has 1 heterocycles. The van der Waals surface area contributed by atoms with Gasteiger partial charge in [0.1, 0.15) is 12.4 Å². The Hall–Kier alpha value is -2.40. The molecule has 2 atom stereocenters. The fraction of sp³-hybridized carbons (Fsp3) is 0.368. The molecule has 0 saturated heterocycles. The number of pyridine rings is 1. The minimum Gasteiger partial charge on any atom is -0.489 e. The number of ether oxygens (including phenoxy) is 1. The van der Waals surface area contributed by atoms with Gasteiger partial charge in [0.15, 0.2) is 0 Å². The number of nitrogens with zero attached hydrogens (tertiary/aromatic N) is 1. The first-order valence-corrected chi connectivity index (χ1v) is 8.39. The van der Waals surface area contributed by atoms with Crippen molar-refractivity contribution >= 4 is 11.6 Å². The highest BCUT2D eigenvalue weighted by atomic mass is 16.5. The van der Waals surface area contributed by atoms with Crippen LogP contribution in [0.4, 0.5) is 5.69 Å². The Labute approximate surface area is 142 Å². The summed E-state index contributed by atoms with van der Waals surface area (Å²) in [4.78, 5) is 16.4. The second-order valence-electron chi connectivity index (χ2n) is 6.19. The molecule has 2 aromatic rings. The van der Waals surface area contributed by atoms with Crippen LogP contribution in [0.25, 0.3) is 0 Å². The van der Waals surface area contributed by atoms with Gasteiger partial charge in [0.25, 0.3) is 0 Å². The van der Waals surface area contributed by atoms with Gasteiger partial charge in [0, 0.05) is 24.0 Å². The van der Waals surface area contributed by atoms with Gasteiger partial charge in [0.2, 0.25) is 5.91 Å². The van der Waals surface area contributed by atoms with Crippen LogP contribution in [-0.4, -0.2) is 17.4 Å². The summed E-state index contributed by atoms with van der Waals surface area (Å²) in [6.07, 6.45) is 6.56. The molecule has 24 heavy (non-hydrogen) atoms. The van der Waals surface area contributed by atoms with E-state index in [0.29, 0.717) is 19.1 Å². The zero-order valence-electron chi connectivity index (χ0n) is 13.7. The number of aromatic nitrogens is 1. The molecule has 5 nitrogen and oxygen atoms in total. The number of amides is 1. The summed E-state index contributed by atoms with van der Waals surface area (Å²) in [7, 11) is 0. The highest BCUT2D eigenvalue weighted by Gasteiger charge is 2.31. The molecule has 1 amide bonds. The van der Waals surface area contributed by atoms with E-state index in [9.17, 15) is 4.79 Å². The van der Waals surface area contributed by atoms with Crippen LogP contribution in [-0.2, 0) is 11.4 Å². The number of benzene rings is 1. The largest absolute Gasteiger partial charge is 0.489 e. The monoisotopic (exact) mass is 325 g/mol. The lowest BCUT2D eigenvalue weighted by Crippen LogP contribution is -2.29. The van der Waals surface area contributed by atoms with Crippen molar-refractivity contribution in [3.8, 4) is 5.75 Å². The summed E-state index contributed by atoms with van der Waals surface area (Å²) in [5, 5.41) is 2.99. The standard InChI is InChI=1S/C19H23N3O2/c20-12-15-2-1-3-18(15)19(23)22-16-4-6-17(7-5-16)24-13-14-8-10-21-11-9-14/h4-11,15,18H,1-3,12-13,20H2,(H,22,23)/t15-,18-/m1/s1. The van der Waals surface area contributed by atoms with Gasteiger partial charge in [0.05, 0.1) is 0 Å². The van der Waals surface area contributed by atoms with Crippen LogP contribution in [0.1, 0.15) is 24.8 Å². The molecule has 1 saturated carbocycles. The minimum atomic E-state index is 0.0395. The molecule has 0 spiro atoms. The lowest BCUT2D eigenvalue weighted by Gasteiger charge is -2.17. The predicted octanol–water partition coefficient (Wildman–Crippen LogP) is 2.97. The average Bonchev–Trinajstić information content (AvgIpc) is 3.11. The summed E-state index contributed by atoms with van der Waals surface area (Å²) in [5.74, 6) is 1.20. The summed E-state index contributed by atoms with van der Waals surface area (Å²) in [6, 6.07) is 11.3. The third-order valence-corrected chi connectivity index (χ3v) is 4.58. The van der Waals surface area contributed by atoms with Crippen LogP contribution in [0.3, 0.4) is 0 Å². The molecule has 1 aromatic heterocycles. The fourth-order valence-electron chi connectivity index (χ4n) is 3.18. The molecule has 3 rings (SSSR count). The highest BCUT2D eigenvalue weighted by Crippen LogP contribution is 2.32. The first-order chi connectivity index (χ1) is 11.8. The molecule has 3 N–H and O–H groups in total. The van der Waals surface area contributed by atoms with Crippen molar-refractivity contribution in [1.29, 1.82) is 0 Å². The fourth-order valence-corrected chi connectivity index (χ4v) is 3.18. The Kier molecular flexibility index (Phi) is 5.43. The van der Waals surface area contributed by atoms with Gasteiger partial charge in [-0.05, 0) is 67.3 Å². The van der Waals surface area contributed by atoms with E-state index in [-0.39, 0.29) is 11.8 Å². The first kappa shape index (κ1) is 16.5. The van der Waals surface area contributed by atoms with Crippen LogP contribution in [0.15, 0.2) is 48.8 Å². The molecule has 5 heteroatoms. The van der Waals surface area contributed by atoms with E-state index in [1.807, 2.05) is 36.4 Å². The van der Waals surface area contributed by atoms with E-state index < -0.39 is 0 Å². The Morgan fingerprint density at radius 3 is 2.62 bits per heavy atom. The molecule has 0 unspecified atom stereocenters.